The van der Waals surface area contributed by atoms with Crippen LogP contribution >= 0.6 is 0 Å². The van der Waals surface area contributed by atoms with Crippen LogP contribution in [0, 0.1) is 19.7 Å². The van der Waals surface area contributed by atoms with Gasteiger partial charge in [-0.2, -0.15) is 0 Å². The number of aromatic amines is 1. The third-order valence-electron chi connectivity index (χ3n) is 6.25. The normalized spacial score (nSPS) is 17.1. The van der Waals surface area contributed by atoms with E-state index in [1.165, 1.54) is 29.2 Å². The van der Waals surface area contributed by atoms with Crippen LogP contribution in [0.1, 0.15) is 52.3 Å². The van der Waals surface area contributed by atoms with Crippen molar-refractivity contribution in [1.29, 1.82) is 0 Å². The highest BCUT2D eigenvalue weighted by atomic mass is 19.1. The molecule has 36 heavy (non-hydrogen) atoms. The first-order valence-corrected chi connectivity index (χ1v) is 11.6. The molecule has 1 amide bonds. The number of carbonyl (C=O) groups excluding carboxylic acids is 3. The number of amides is 1. The van der Waals surface area contributed by atoms with Crippen LogP contribution in [-0.4, -0.2) is 55.4 Å². The van der Waals surface area contributed by atoms with Gasteiger partial charge in [0, 0.05) is 36.7 Å². The lowest BCUT2D eigenvalue weighted by molar-refractivity contribution is -0.139. The first-order chi connectivity index (χ1) is 17.2. The number of likely N-dealkylation sites (tertiary alicyclic amines) is 1. The van der Waals surface area contributed by atoms with Crippen LogP contribution in [-0.2, 0) is 20.9 Å². The van der Waals surface area contributed by atoms with Crippen LogP contribution in [0.5, 0.6) is 0 Å². The molecule has 0 radical (unpaired) electrons. The van der Waals surface area contributed by atoms with Crippen LogP contribution in [0.2, 0.25) is 0 Å². The second-order valence-electron chi connectivity index (χ2n) is 8.54. The maximum absolute atomic E-state index is 13.7. The lowest BCUT2D eigenvalue weighted by Gasteiger charge is -2.25. The molecule has 1 fully saturated rings. The van der Waals surface area contributed by atoms with Crippen LogP contribution < -0.4 is 0 Å². The number of nitrogens with zero attached hydrogens (tertiary/aromatic N) is 3. The minimum Gasteiger partial charge on any atom is -0.507 e. The monoisotopic (exact) mass is 494 g/mol. The summed E-state index contributed by atoms with van der Waals surface area (Å²) in [6, 6.07) is 4.54. The molecule has 1 saturated heterocycles. The molecule has 0 spiro atoms. The molecule has 1 aliphatic rings. The van der Waals surface area contributed by atoms with Crippen molar-refractivity contribution < 1.29 is 28.6 Å². The number of nitrogens with one attached hydrogen (secondary N) is 1. The van der Waals surface area contributed by atoms with Crippen molar-refractivity contribution in [2.24, 2.45) is 0 Å². The summed E-state index contributed by atoms with van der Waals surface area (Å²) in [7, 11) is 0. The van der Waals surface area contributed by atoms with Crippen LogP contribution in [0.3, 0.4) is 0 Å². The van der Waals surface area contributed by atoms with Crippen molar-refractivity contribution in [2.45, 2.75) is 39.8 Å². The third kappa shape index (κ3) is 4.53. The molecule has 1 aliphatic heterocycles. The van der Waals surface area contributed by atoms with Crippen LogP contribution in [0.25, 0.3) is 5.76 Å². The number of Topliss-reactive ketones (excluding diaryl/α,β-unsaturated/α-hetero) is 1. The molecule has 2 aromatic heterocycles. The molecule has 3 heterocycles. The number of aliphatic hydroxyl groups excluding tert-OH is 1. The molecule has 9 nitrogen and oxygen atoms in total. The molecule has 2 N–H and O–H groups in total. The van der Waals surface area contributed by atoms with Gasteiger partial charge in [-0.1, -0.05) is 12.1 Å². The SMILES string of the molecule is CCOC(=O)c1[nH]c(C)c(C(O)=C2C(=O)C(=O)N(CCCn3ccnc3)[C@@H]2c2ccc(F)cc2)c1C. The summed E-state index contributed by atoms with van der Waals surface area (Å²) in [5.41, 5.74) is 1.61. The molecule has 0 saturated carbocycles. The summed E-state index contributed by atoms with van der Waals surface area (Å²) >= 11 is 0. The lowest BCUT2D eigenvalue weighted by Crippen LogP contribution is -2.31. The zero-order valence-corrected chi connectivity index (χ0v) is 20.2. The highest BCUT2D eigenvalue weighted by Gasteiger charge is 2.46. The number of esters is 1. The van der Waals surface area contributed by atoms with Gasteiger partial charge in [0.25, 0.3) is 11.7 Å². The fourth-order valence-electron chi connectivity index (χ4n) is 4.59. The predicted molar refractivity (Wildman–Crippen MR) is 128 cm³/mol. The highest BCUT2D eigenvalue weighted by Crippen LogP contribution is 2.41. The Morgan fingerprint density at radius 1 is 1.19 bits per heavy atom. The van der Waals surface area contributed by atoms with E-state index in [1.54, 1.807) is 39.5 Å². The minimum atomic E-state index is -0.923. The van der Waals surface area contributed by atoms with E-state index in [2.05, 4.69) is 9.97 Å². The van der Waals surface area contributed by atoms with Gasteiger partial charge in [-0.3, -0.25) is 9.59 Å². The molecule has 188 valence electrons. The fourth-order valence-corrected chi connectivity index (χ4v) is 4.59. The Bertz CT molecular complexity index is 1330. The Morgan fingerprint density at radius 2 is 1.92 bits per heavy atom. The van der Waals surface area contributed by atoms with Crippen molar-refractivity contribution in [3.63, 3.8) is 0 Å². The summed E-state index contributed by atoms with van der Waals surface area (Å²) in [4.78, 5) is 47.0. The second-order valence-corrected chi connectivity index (χ2v) is 8.54. The van der Waals surface area contributed by atoms with E-state index in [-0.39, 0.29) is 30.0 Å². The van der Waals surface area contributed by atoms with Gasteiger partial charge in [-0.15, -0.1) is 0 Å². The number of aliphatic hydroxyl groups is 1. The van der Waals surface area contributed by atoms with Crippen molar-refractivity contribution in [3.8, 4) is 0 Å². The van der Waals surface area contributed by atoms with E-state index < -0.39 is 35.3 Å². The average molecular weight is 495 g/mol. The van der Waals surface area contributed by atoms with E-state index >= 15 is 0 Å². The topological polar surface area (TPSA) is 118 Å². The molecule has 1 atom stereocenters. The average Bonchev–Trinajstić information content (AvgIpc) is 3.53. The standard InChI is InChI=1S/C26H27FN4O5/c1-4-36-26(35)21-15(2)19(16(3)29-21)23(32)20-22(17-6-8-18(27)9-7-17)31(25(34)24(20)33)12-5-11-30-13-10-28-14-30/h6-10,13-14,22,29,32H,4-5,11-12H2,1-3H3/t22-/m1/s1. The molecule has 4 rings (SSSR count). The molecule has 3 aromatic rings. The van der Waals surface area contributed by atoms with Crippen molar-refractivity contribution >= 4 is 23.4 Å². The van der Waals surface area contributed by atoms with E-state index in [9.17, 15) is 23.9 Å². The number of halogens is 1. The van der Waals surface area contributed by atoms with E-state index in [0.29, 0.717) is 29.8 Å². The first kappa shape index (κ1) is 24.9. The minimum absolute atomic E-state index is 0.116. The quantitative estimate of drug-likeness (QED) is 0.214. The smallest absolute Gasteiger partial charge is 0.355 e. The van der Waals surface area contributed by atoms with Gasteiger partial charge < -0.3 is 24.3 Å². The Morgan fingerprint density at radius 3 is 2.56 bits per heavy atom. The zero-order valence-electron chi connectivity index (χ0n) is 20.2. The van der Waals surface area contributed by atoms with E-state index in [4.69, 9.17) is 4.74 Å². The molecule has 0 bridgehead atoms. The largest absolute Gasteiger partial charge is 0.507 e. The third-order valence-corrected chi connectivity index (χ3v) is 6.25. The Hall–Kier alpha value is -4.21. The van der Waals surface area contributed by atoms with E-state index in [1.807, 2.05) is 4.57 Å². The van der Waals surface area contributed by atoms with Crippen LogP contribution in [0.15, 0.2) is 48.6 Å². The van der Waals surface area contributed by atoms with Gasteiger partial charge in [-0.05, 0) is 50.5 Å². The molecular weight excluding hydrogens is 467 g/mol. The molecule has 0 unspecified atom stereocenters. The number of hydrogen-bond donors (Lipinski definition) is 2. The van der Waals surface area contributed by atoms with Gasteiger partial charge in [0.2, 0.25) is 0 Å². The molecule has 0 aliphatic carbocycles. The van der Waals surface area contributed by atoms with E-state index in [0.717, 1.165) is 0 Å². The number of hydrogen-bond acceptors (Lipinski definition) is 6. The number of ether oxygens (including phenoxy) is 1. The summed E-state index contributed by atoms with van der Waals surface area (Å²) in [5.74, 6) is -3.06. The van der Waals surface area contributed by atoms with Gasteiger partial charge >= 0.3 is 5.97 Å². The number of rotatable bonds is 8. The second kappa shape index (κ2) is 10.2. The van der Waals surface area contributed by atoms with Crippen LogP contribution in [0.4, 0.5) is 4.39 Å². The summed E-state index contributed by atoms with van der Waals surface area (Å²) in [5, 5.41) is 11.4. The first-order valence-electron chi connectivity index (χ1n) is 11.6. The lowest BCUT2D eigenvalue weighted by atomic mass is 9.94. The predicted octanol–water partition coefficient (Wildman–Crippen LogP) is 3.66. The van der Waals surface area contributed by atoms with Gasteiger partial charge in [-0.25, -0.2) is 14.2 Å². The van der Waals surface area contributed by atoms with Gasteiger partial charge in [0.05, 0.1) is 24.5 Å². The molecular formula is C26H27FN4O5. The van der Waals surface area contributed by atoms with Gasteiger partial charge in [0.1, 0.15) is 17.3 Å². The number of ketones is 1. The highest BCUT2D eigenvalue weighted by molar-refractivity contribution is 6.46. The molecule has 10 heteroatoms. The maximum Gasteiger partial charge on any atom is 0.355 e. The van der Waals surface area contributed by atoms with Crippen molar-refractivity contribution in [2.75, 3.05) is 13.2 Å². The Labute approximate surface area is 207 Å². The number of imidazole rings is 1. The maximum atomic E-state index is 13.7. The molecule has 1 aromatic carbocycles. The number of H-pyrrole nitrogens is 1. The zero-order chi connectivity index (χ0) is 26.0. The number of benzene rings is 1. The number of aromatic nitrogens is 3. The Balaban J connectivity index is 1.78. The van der Waals surface area contributed by atoms with Crippen molar-refractivity contribution in [1.82, 2.24) is 19.4 Å². The fraction of sp³-hybridized carbons (Fsp3) is 0.308. The number of aryl methyl sites for hydroxylation is 2. The summed E-state index contributed by atoms with van der Waals surface area (Å²) in [6.07, 6.45) is 5.63. The summed E-state index contributed by atoms with van der Waals surface area (Å²) in [6.45, 7) is 5.92. The summed E-state index contributed by atoms with van der Waals surface area (Å²) < 4.78 is 20.6. The number of carbonyl (C=O) groups is 3. The van der Waals surface area contributed by atoms with Gasteiger partial charge in [0.15, 0.2) is 0 Å². The Kier molecular flexibility index (Phi) is 7.05. The van der Waals surface area contributed by atoms with Crippen molar-refractivity contribution in [3.05, 3.63) is 82.5 Å².